The molecule has 2 rings (SSSR count). The summed E-state index contributed by atoms with van der Waals surface area (Å²) in [4.78, 5) is 10.8. The number of sulfone groups is 1. The molecule has 0 unspecified atom stereocenters. The molecule has 1 aliphatic rings. The van der Waals surface area contributed by atoms with E-state index in [2.05, 4.69) is 0 Å². The van der Waals surface area contributed by atoms with Gasteiger partial charge in [0.15, 0.2) is 9.84 Å². The second-order valence-corrected chi connectivity index (χ2v) is 9.85. The van der Waals surface area contributed by atoms with Crippen LogP contribution in [0.2, 0.25) is 0 Å². The van der Waals surface area contributed by atoms with E-state index in [4.69, 9.17) is 5.11 Å². The first kappa shape index (κ1) is 19.8. The molecule has 3 N–H and O–H groups in total. The van der Waals surface area contributed by atoms with Gasteiger partial charge in [0.2, 0.25) is 10.0 Å². The highest BCUT2D eigenvalue weighted by Crippen LogP contribution is 2.27. The van der Waals surface area contributed by atoms with E-state index in [1.165, 1.54) is 19.1 Å². The molecule has 25 heavy (non-hydrogen) atoms. The summed E-state index contributed by atoms with van der Waals surface area (Å²) in [6.07, 6.45) is -1.42. The van der Waals surface area contributed by atoms with Crippen molar-refractivity contribution in [3.63, 3.8) is 0 Å². The molecule has 2 atom stereocenters. The van der Waals surface area contributed by atoms with Crippen molar-refractivity contribution in [2.75, 3.05) is 24.7 Å². The van der Waals surface area contributed by atoms with Gasteiger partial charge in [0.05, 0.1) is 40.7 Å². The molecule has 1 fully saturated rings. The molecule has 0 saturated carbocycles. The highest BCUT2D eigenvalue weighted by atomic mass is 32.2. The fraction of sp³-hybridized carbons (Fsp3) is 0.500. The van der Waals surface area contributed by atoms with Crippen LogP contribution in [0.15, 0.2) is 23.1 Å². The number of carboxylic acids is 1. The van der Waals surface area contributed by atoms with Crippen LogP contribution in [0.3, 0.4) is 0 Å². The summed E-state index contributed by atoms with van der Waals surface area (Å²) >= 11 is 0. The van der Waals surface area contributed by atoms with Gasteiger partial charge in [-0.05, 0) is 24.6 Å². The smallest absolute Gasteiger partial charge is 0.335 e. The number of sulfonamides is 1. The summed E-state index contributed by atoms with van der Waals surface area (Å²) in [7, 11) is -7.94. The van der Waals surface area contributed by atoms with Gasteiger partial charge in [0.1, 0.15) is 0 Å². The fourth-order valence-electron chi connectivity index (χ4n) is 2.79. The predicted octanol–water partition coefficient (Wildman–Crippen LogP) is -1.17. The second-order valence-electron chi connectivity index (χ2n) is 5.84. The van der Waals surface area contributed by atoms with Crippen LogP contribution in [0.25, 0.3) is 0 Å². The predicted molar refractivity (Wildman–Crippen MR) is 87.6 cm³/mol. The van der Waals surface area contributed by atoms with E-state index in [1.807, 2.05) is 0 Å². The van der Waals surface area contributed by atoms with Crippen LogP contribution in [-0.4, -0.2) is 79.2 Å². The normalized spacial score (nSPS) is 23.0. The molecule has 0 bridgehead atoms. The lowest BCUT2D eigenvalue weighted by Gasteiger charge is -2.29. The SMILES string of the molecule is Cc1ccc(C(=O)O)cc1S(=O)(=O)N(CCO)[C@H]1CS(=O)(=O)C[C@H]1O. The Morgan fingerprint density at radius 3 is 2.44 bits per heavy atom. The van der Waals surface area contributed by atoms with Gasteiger partial charge in [-0.15, -0.1) is 0 Å². The lowest BCUT2D eigenvalue weighted by molar-refractivity contribution is 0.0696. The van der Waals surface area contributed by atoms with Crippen molar-refractivity contribution in [2.24, 2.45) is 0 Å². The first-order chi connectivity index (χ1) is 11.5. The van der Waals surface area contributed by atoms with Crippen molar-refractivity contribution >= 4 is 25.8 Å². The minimum absolute atomic E-state index is 0.243. The molecule has 0 aromatic heterocycles. The van der Waals surface area contributed by atoms with Gasteiger partial charge >= 0.3 is 5.97 Å². The van der Waals surface area contributed by atoms with Crippen LogP contribution >= 0.6 is 0 Å². The summed E-state index contributed by atoms with van der Waals surface area (Å²) in [5.74, 6) is -2.44. The Morgan fingerprint density at radius 2 is 1.96 bits per heavy atom. The molecule has 1 heterocycles. The summed E-state index contributed by atoms with van der Waals surface area (Å²) < 4.78 is 50.1. The third-order valence-corrected chi connectivity index (χ3v) is 7.77. The maximum Gasteiger partial charge on any atom is 0.335 e. The van der Waals surface area contributed by atoms with Gasteiger partial charge in [-0.25, -0.2) is 21.6 Å². The number of hydrogen-bond acceptors (Lipinski definition) is 7. The largest absolute Gasteiger partial charge is 0.478 e. The highest BCUT2D eigenvalue weighted by molar-refractivity contribution is 7.92. The Hall–Kier alpha value is -1.53. The Balaban J connectivity index is 2.54. The van der Waals surface area contributed by atoms with Crippen LogP contribution in [0.4, 0.5) is 0 Å². The van der Waals surface area contributed by atoms with E-state index >= 15 is 0 Å². The van der Waals surface area contributed by atoms with Crippen LogP contribution in [-0.2, 0) is 19.9 Å². The van der Waals surface area contributed by atoms with E-state index in [0.29, 0.717) is 0 Å². The van der Waals surface area contributed by atoms with Gasteiger partial charge in [-0.1, -0.05) is 6.07 Å². The minimum Gasteiger partial charge on any atom is -0.478 e. The average molecular weight is 393 g/mol. The molecular weight excluding hydrogens is 374 g/mol. The molecule has 0 spiro atoms. The lowest BCUT2D eigenvalue weighted by atomic mass is 10.1. The summed E-state index contributed by atoms with van der Waals surface area (Å²) in [6, 6.07) is 2.32. The maximum absolute atomic E-state index is 13.0. The number of carbonyl (C=O) groups is 1. The highest BCUT2D eigenvalue weighted by Gasteiger charge is 2.44. The van der Waals surface area contributed by atoms with Gasteiger partial charge in [0.25, 0.3) is 0 Å². The number of rotatable bonds is 6. The Labute approximate surface area is 145 Å². The number of carboxylic acid groups (broad SMARTS) is 1. The summed E-state index contributed by atoms with van der Waals surface area (Å²) in [5.41, 5.74) is 0.0241. The third kappa shape index (κ3) is 4.01. The van der Waals surface area contributed by atoms with E-state index in [-0.39, 0.29) is 16.0 Å². The number of aliphatic hydroxyl groups is 2. The standard InChI is InChI=1S/C14H19NO8S2/c1-9-2-3-10(14(18)19)6-13(9)25(22,23)15(4-5-16)11-7-24(20,21)8-12(11)17/h2-3,6,11-12,16-17H,4-5,7-8H2,1H3,(H,18,19)/t11-,12+/m0/s1. The van der Waals surface area contributed by atoms with Crippen LogP contribution < -0.4 is 0 Å². The first-order valence-corrected chi connectivity index (χ1v) is 10.6. The summed E-state index contributed by atoms with van der Waals surface area (Å²) in [6.45, 7) is 0.466. The number of aliphatic hydroxyl groups excluding tert-OH is 2. The molecule has 0 amide bonds. The topological polar surface area (TPSA) is 149 Å². The monoisotopic (exact) mass is 393 g/mol. The first-order valence-electron chi connectivity index (χ1n) is 7.35. The maximum atomic E-state index is 13.0. The molecule has 0 radical (unpaired) electrons. The molecule has 1 aliphatic heterocycles. The number of aromatic carboxylic acids is 1. The second kappa shape index (κ2) is 7.00. The number of nitrogens with zero attached hydrogens (tertiary/aromatic N) is 1. The van der Waals surface area contributed by atoms with Gasteiger partial charge < -0.3 is 15.3 Å². The molecule has 11 heteroatoms. The molecule has 9 nitrogen and oxygen atoms in total. The van der Waals surface area contributed by atoms with Crippen molar-refractivity contribution in [1.29, 1.82) is 0 Å². The molecule has 0 aliphatic carbocycles. The number of benzene rings is 1. The molecule has 1 aromatic rings. The molecule has 1 aromatic carbocycles. The van der Waals surface area contributed by atoms with Crippen molar-refractivity contribution < 1.29 is 36.9 Å². The van der Waals surface area contributed by atoms with Gasteiger partial charge in [-0.3, -0.25) is 0 Å². The van der Waals surface area contributed by atoms with Crippen molar-refractivity contribution in [3.8, 4) is 0 Å². The Bertz CT molecular complexity index is 878. The van der Waals surface area contributed by atoms with Crippen molar-refractivity contribution in [1.82, 2.24) is 4.31 Å². The zero-order valence-electron chi connectivity index (χ0n) is 13.4. The quantitative estimate of drug-likeness (QED) is 0.547. The Kier molecular flexibility index (Phi) is 5.54. The van der Waals surface area contributed by atoms with Crippen molar-refractivity contribution in [2.45, 2.75) is 24.0 Å². The lowest BCUT2D eigenvalue weighted by Crippen LogP contribution is -2.48. The van der Waals surface area contributed by atoms with E-state index in [1.54, 1.807) is 0 Å². The van der Waals surface area contributed by atoms with Crippen molar-refractivity contribution in [3.05, 3.63) is 29.3 Å². The van der Waals surface area contributed by atoms with E-state index in [0.717, 1.165) is 10.4 Å². The average Bonchev–Trinajstić information content (AvgIpc) is 2.77. The number of aryl methyl sites for hydroxylation is 1. The van der Waals surface area contributed by atoms with Gasteiger partial charge in [-0.2, -0.15) is 4.31 Å². The number of hydrogen-bond donors (Lipinski definition) is 3. The van der Waals surface area contributed by atoms with Crippen LogP contribution in [0.5, 0.6) is 0 Å². The van der Waals surface area contributed by atoms with Gasteiger partial charge in [0, 0.05) is 6.54 Å². The minimum atomic E-state index is -4.33. The zero-order valence-corrected chi connectivity index (χ0v) is 15.0. The fourth-order valence-corrected chi connectivity index (χ4v) is 6.58. The zero-order chi connectivity index (χ0) is 19.0. The van der Waals surface area contributed by atoms with Crippen LogP contribution in [0.1, 0.15) is 15.9 Å². The molecule has 140 valence electrons. The van der Waals surface area contributed by atoms with E-state index in [9.17, 15) is 31.8 Å². The molecular formula is C14H19NO8S2. The third-order valence-electron chi connectivity index (χ3n) is 4.01. The van der Waals surface area contributed by atoms with E-state index < -0.39 is 62.6 Å². The summed E-state index contributed by atoms with van der Waals surface area (Å²) in [5, 5.41) is 28.2. The molecule has 1 saturated heterocycles. The van der Waals surface area contributed by atoms with Crippen LogP contribution in [0, 0.1) is 6.92 Å². The Morgan fingerprint density at radius 1 is 1.32 bits per heavy atom.